The van der Waals surface area contributed by atoms with E-state index in [2.05, 4.69) is 45.3 Å². The highest BCUT2D eigenvalue weighted by Crippen LogP contribution is 2.38. The fourth-order valence-corrected chi connectivity index (χ4v) is 3.52. The third-order valence-corrected chi connectivity index (χ3v) is 10.2. The minimum atomic E-state index is -1.80. The van der Waals surface area contributed by atoms with Gasteiger partial charge in [0.1, 0.15) is 11.6 Å². The van der Waals surface area contributed by atoms with E-state index in [1.165, 1.54) is 0 Å². The summed E-state index contributed by atoms with van der Waals surface area (Å²) in [6.07, 6.45) is 1.49. The largest absolute Gasteiger partial charge is 0.489 e. The van der Waals surface area contributed by atoms with Gasteiger partial charge in [0, 0.05) is 18.2 Å². The summed E-state index contributed by atoms with van der Waals surface area (Å²) in [6.45, 7) is 16.3. The SMILES string of the molecule is CCC(C)(C#N)Nc1ccc2c(c1)OCCC(CO[Si](C)(C)C(C)(C)C)O2. The van der Waals surface area contributed by atoms with Crippen LogP contribution in [0, 0.1) is 11.3 Å². The van der Waals surface area contributed by atoms with Gasteiger partial charge in [-0.15, -0.1) is 0 Å². The van der Waals surface area contributed by atoms with E-state index in [-0.39, 0.29) is 11.1 Å². The Morgan fingerprint density at radius 2 is 1.96 bits per heavy atom. The van der Waals surface area contributed by atoms with Gasteiger partial charge in [0.15, 0.2) is 19.8 Å². The highest BCUT2D eigenvalue weighted by molar-refractivity contribution is 6.74. The van der Waals surface area contributed by atoms with Gasteiger partial charge >= 0.3 is 0 Å². The van der Waals surface area contributed by atoms with Crippen LogP contribution in [0.1, 0.15) is 47.5 Å². The minimum Gasteiger partial charge on any atom is -0.489 e. The molecule has 2 rings (SSSR count). The summed E-state index contributed by atoms with van der Waals surface area (Å²) in [5.41, 5.74) is 0.263. The van der Waals surface area contributed by atoms with Gasteiger partial charge in [-0.05, 0) is 43.6 Å². The normalized spacial score (nSPS) is 19.6. The van der Waals surface area contributed by atoms with E-state index < -0.39 is 13.9 Å². The van der Waals surface area contributed by atoms with Gasteiger partial charge in [0.05, 0.1) is 19.3 Å². The molecular weight excluding hydrogens is 356 g/mol. The molecule has 1 aliphatic rings. The lowest BCUT2D eigenvalue weighted by atomic mass is 10.0. The van der Waals surface area contributed by atoms with Gasteiger partial charge in [0.25, 0.3) is 0 Å². The number of fused-ring (bicyclic) bond motifs is 1. The number of nitriles is 1. The van der Waals surface area contributed by atoms with Gasteiger partial charge in [-0.3, -0.25) is 0 Å². The molecule has 0 bridgehead atoms. The molecule has 0 spiro atoms. The molecule has 2 atom stereocenters. The topological polar surface area (TPSA) is 63.5 Å². The van der Waals surface area contributed by atoms with Crippen molar-refractivity contribution in [1.82, 2.24) is 0 Å². The van der Waals surface area contributed by atoms with Crippen LogP contribution in [0.25, 0.3) is 0 Å². The average molecular weight is 391 g/mol. The predicted molar refractivity (Wildman–Crippen MR) is 112 cm³/mol. The first kappa shape index (κ1) is 21.6. The zero-order chi connectivity index (χ0) is 20.3. The Labute approximate surface area is 165 Å². The van der Waals surface area contributed by atoms with E-state index in [0.29, 0.717) is 25.4 Å². The molecule has 150 valence electrons. The standard InChI is InChI=1S/C21H34N2O3Si/c1-8-21(5,15-22)23-16-9-10-18-19(13-16)24-12-11-17(26-18)14-25-27(6,7)20(2,3)4/h9-10,13,17,23H,8,11-12,14H2,1-7H3. The number of nitrogens with one attached hydrogen (secondary N) is 1. The van der Waals surface area contributed by atoms with Crippen LogP contribution in [0.15, 0.2) is 18.2 Å². The zero-order valence-corrected chi connectivity index (χ0v) is 18.8. The second-order valence-corrected chi connectivity index (χ2v) is 13.8. The Morgan fingerprint density at radius 1 is 1.26 bits per heavy atom. The monoisotopic (exact) mass is 390 g/mol. The van der Waals surface area contributed by atoms with E-state index >= 15 is 0 Å². The second kappa shape index (κ2) is 8.11. The summed E-state index contributed by atoms with van der Waals surface area (Å²) in [7, 11) is -1.80. The summed E-state index contributed by atoms with van der Waals surface area (Å²) in [5, 5.41) is 12.8. The summed E-state index contributed by atoms with van der Waals surface area (Å²) in [5.74, 6) is 1.45. The number of hydrogen-bond donors (Lipinski definition) is 1. The van der Waals surface area contributed by atoms with Crippen molar-refractivity contribution in [2.45, 2.75) is 77.2 Å². The molecular formula is C21H34N2O3Si. The van der Waals surface area contributed by atoms with Crippen molar-refractivity contribution in [3.05, 3.63) is 18.2 Å². The van der Waals surface area contributed by atoms with Gasteiger partial charge in [-0.1, -0.05) is 27.7 Å². The van der Waals surface area contributed by atoms with E-state index in [0.717, 1.165) is 17.9 Å². The maximum absolute atomic E-state index is 9.37. The van der Waals surface area contributed by atoms with Crippen molar-refractivity contribution >= 4 is 14.0 Å². The Hall–Kier alpha value is -1.71. The number of anilines is 1. The van der Waals surface area contributed by atoms with E-state index in [9.17, 15) is 5.26 Å². The maximum atomic E-state index is 9.37. The Kier molecular flexibility index (Phi) is 6.49. The van der Waals surface area contributed by atoms with E-state index in [1.807, 2.05) is 32.0 Å². The molecule has 0 fully saturated rings. The van der Waals surface area contributed by atoms with Crippen LogP contribution in [-0.2, 0) is 4.43 Å². The first-order valence-electron chi connectivity index (χ1n) is 9.76. The molecule has 0 saturated carbocycles. The predicted octanol–water partition coefficient (Wildman–Crippen LogP) is 5.34. The van der Waals surface area contributed by atoms with Crippen molar-refractivity contribution in [1.29, 1.82) is 5.26 Å². The first-order valence-corrected chi connectivity index (χ1v) is 12.7. The van der Waals surface area contributed by atoms with Crippen LogP contribution in [0.3, 0.4) is 0 Å². The molecule has 1 aromatic carbocycles. The quantitative estimate of drug-likeness (QED) is 0.664. The highest BCUT2D eigenvalue weighted by atomic mass is 28.4. The molecule has 0 saturated heterocycles. The summed E-state index contributed by atoms with van der Waals surface area (Å²) < 4.78 is 18.4. The lowest BCUT2D eigenvalue weighted by molar-refractivity contribution is 0.114. The maximum Gasteiger partial charge on any atom is 0.192 e. The van der Waals surface area contributed by atoms with Crippen LogP contribution in [0.4, 0.5) is 5.69 Å². The fraction of sp³-hybridized carbons (Fsp3) is 0.667. The number of benzene rings is 1. The Bertz CT molecular complexity index is 694. The lowest BCUT2D eigenvalue weighted by Crippen LogP contribution is -2.43. The number of ether oxygens (including phenoxy) is 2. The number of nitrogens with zero attached hydrogens (tertiary/aromatic N) is 1. The molecule has 1 heterocycles. The van der Waals surface area contributed by atoms with Gasteiger partial charge in [-0.25, -0.2) is 0 Å². The van der Waals surface area contributed by atoms with E-state index in [1.54, 1.807) is 0 Å². The lowest BCUT2D eigenvalue weighted by Gasteiger charge is -2.37. The smallest absolute Gasteiger partial charge is 0.192 e. The van der Waals surface area contributed by atoms with Gasteiger partial charge < -0.3 is 19.2 Å². The molecule has 5 nitrogen and oxygen atoms in total. The molecule has 1 aromatic rings. The fourth-order valence-electron chi connectivity index (χ4n) is 2.48. The molecule has 0 amide bonds. The number of rotatable bonds is 6. The van der Waals surface area contributed by atoms with E-state index in [4.69, 9.17) is 13.9 Å². The summed E-state index contributed by atoms with van der Waals surface area (Å²) in [4.78, 5) is 0. The molecule has 0 radical (unpaired) electrons. The van der Waals surface area contributed by atoms with Crippen molar-refractivity contribution in [3.63, 3.8) is 0 Å². The Balaban J connectivity index is 2.07. The van der Waals surface area contributed by atoms with Gasteiger partial charge in [-0.2, -0.15) is 5.26 Å². The molecule has 2 unspecified atom stereocenters. The second-order valence-electron chi connectivity index (χ2n) is 9.03. The van der Waals surface area contributed by atoms with Crippen LogP contribution >= 0.6 is 0 Å². The third kappa shape index (κ3) is 5.39. The molecule has 1 aliphatic heterocycles. The van der Waals surface area contributed by atoms with Crippen molar-refractivity contribution in [2.75, 3.05) is 18.5 Å². The molecule has 27 heavy (non-hydrogen) atoms. The number of hydrogen-bond acceptors (Lipinski definition) is 5. The minimum absolute atomic E-state index is 0.0146. The molecule has 6 heteroatoms. The molecule has 0 aliphatic carbocycles. The van der Waals surface area contributed by atoms with Crippen LogP contribution in [-0.4, -0.2) is 33.2 Å². The van der Waals surface area contributed by atoms with Crippen LogP contribution < -0.4 is 14.8 Å². The third-order valence-electron chi connectivity index (χ3n) is 5.75. The van der Waals surface area contributed by atoms with Gasteiger partial charge in [0.2, 0.25) is 0 Å². The van der Waals surface area contributed by atoms with Crippen LogP contribution in [0.2, 0.25) is 18.1 Å². The highest BCUT2D eigenvalue weighted by Gasteiger charge is 2.38. The van der Waals surface area contributed by atoms with Crippen molar-refractivity contribution in [3.8, 4) is 17.6 Å². The molecule has 1 N–H and O–H groups in total. The zero-order valence-electron chi connectivity index (χ0n) is 17.8. The van der Waals surface area contributed by atoms with Crippen LogP contribution in [0.5, 0.6) is 11.5 Å². The summed E-state index contributed by atoms with van der Waals surface area (Å²) in [6, 6.07) is 8.08. The average Bonchev–Trinajstić information content (AvgIpc) is 2.80. The first-order chi connectivity index (χ1) is 12.5. The van der Waals surface area contributed by atoms with Crippen molar-refractivity contribution < 1.29 is 13.9 Å². The Morgan fingerprint density at radius 3 is 2.56 bits per heavy atom. The molecule has 0 aromatic heterocycles. The van der Waals surface area contributed by atoms with Crippen molar-refractivity contribution in [2.24, 2.45) is 0 Å². The summed E-state index contributed by atoms with van der Waals surface area (Å²) >= 11 is 0.